The molecule has 0 atom stereocenters. The summed E-state index contributed by atoms with van der Waals surface area (Å²) in [6.45, 7) is 0. The van der Waals surface area contributed by atoms with Crippen molar-refractivity contribution in [2.75, 3.05) is 0 Å². The van der Waals surface area contributed by atoms with Crippen LogP contribution in [-0.2, 0) is 22.4 Å². The van der Waals surface area contributed by atoms with Crippen LogP contribution in [0.25, 0.3) is 42.2 Å². The van der Waals surface area contributed by atoms with E-state index < -0.39 is 11.9 Å². The summed E-state index contributed by atoms with van der Waals surface area (Å²) in [5.41, 5.74) is 3.39. The number of thiophene rings is 2. The van der Waals surface area contributed by atoms with E-state index >= 15 is 0 Å². The van der Waals surface area contributed by atoms with Gasteiger partial charge in [0.1, 0.15) is 11.5 Å². The molecule has 0 radical (unpaired) electrons. The largest absolute Gasteiger partial charge is 0.481 e. The Balaban J connectivity index is 1.56. The lowest BCUT2D eigenvalue weighted by Crippen LogP contribution is -1.99. The van der Waals surface area contributed by atoms with Crippen molar-refractivity contribution in [2.24, 2.45) is 0 Å². The molecule has 174 valence electrons. The van der Waals surface area contributed by atoms with Crippen LogP contribution in [0.4, 0.5) is 0 Å². The Bertz CT molecular complexity index is 1380. The molecule has 2 aromatic carbocycles. The number of carboxylic acid groups (broad SMARTS) is 2. The van der Waals surface area contributed by atoms with Crippen molar-refractivity contribution in [3.8, 4) is 42.2 Å². The van der Waals surface area contributed by atoms with Gasteiger partial charge < -0.3 is 14.6 Å². The van der Waals surface area contributed by atoms with Gasteiger partial charge in [-0.1, -0.05) is 60.7 Å². The topological polar surface area (TPSA) is 87.7 Å². The standard InChI is InChI=1S/C28H20O5S2/c29-25(30)15-19-13-23(17-7-3-1-4-8-17)34-27(19)21-11-12-22(33-21)28-20(16-26(31)32)14-24(35-28)18-9-5-2-6-10-18/h1-14H,15-16H2,(H,29,30)(H,31,32). The number of furan rings is 1. The van der Waals surface area contributed by atoms with Crippen LogP contribution in [0.15, 0.2) is 89.3 Å². The van der Waals surface area contributed by atoms with Crippen molar-refractivity contribution >= 4 is 34.6 Å². The summed E-state index contributed by atoms with van der Waals surface area (Å²) in [7, 11) is 0. The smallest absolute Gasteiger partial charge is 0.307 e. The van der Waals surface area contributed by atoms with Crippen LogP contribution in [0, 0.1) is 0 Å². The molecule has 3 aromatic heterocycles. The zero-order valence-corrected chi connectivity index (χ0v) is 20.1. The molecule has 0 aliphatic heterocycles. The molecule has 0 unspecified atom stereocenters. The molecule has 35 heavy (non-hydrogen) atoms. The molecule has 0 spiro atoms. The van der Waals surface area contributed by atoms with Crippen LogP contribution in [0.2, 0.25) is 0 Å². The summed E-state index contributed by atoms with van der Waals surface area (Å²) >= 11 is 2.97. The molecule has 7 heteroatoms. The van der Waals surface area contributed by atoms with Crippen molar-refractivity contribution in [1.29, 1.82) is 0 Å². The Morgan fingerprint density at radius 1 is 0.629 bits per heavy atom. The molecule has 5 rings (SSSR count). The fourth-order valence-electron chi connectivity index (χ4n) is 3.93. The molecule has 0 fully saturated rings. The molecular weight excluding hydrogens is 480 g/mol. The fraction of sp³-hybridized carbons (Fsp3) is 0.0714. The third-order valence-electron chi connectivity index (χ3n) is 5.47. The van der Waals surface area contributed by atoms with Gasteiger partial charge in [0, 0.05) is 9.75 Å². The van der Waals surface area contributed by atoms with Crippen molar-refractivity contribution in [2.45, 2.75) is 12.8 Å². The first-order valence-corrected chi connectivity index (χ1v) is 12.5. The Kier molecular flexibility index (Phi) is 6.35. The van der Waals surface area contributed by atoms with Gasteiger partial charge in [-0.05, 0) is 46.5 Å². The second-order valence-electron chi connectivity index (χ2n) is 7.97. The molecule has 5 aromatic rings. The molecule has 0 saturated heterocycles. The third-order valence-corrected chi connectivity index (χ3v) is 7.95. The first-order chi connectivity index (χ1) is 17.0. The van der Waals surface area contributed by atoms with E-state index in [1.807, 2.05) is 84.9 Å². The summed E-state index contributed by atoms with van der Waals surface area (Å²) in [5.74, 6) is -0.686. The Morgan fingerprint density at radius 2 is 1.03 bits per heavy atom. The predicted octanol–water partition coefficient (Wildman–Crippen LogP) is 7.32. The van der Waals surface area contributed by atoms with Gasteiger partial charge in [0.25, 0.3) is 0 Å². The maximum absolute atomic E-state index is 11.5. The van der Waals surface area contributed by atoms with Gasteiger partial charge in [-0.25, -0.2) is 0 Å². The molecule has 3 heterocycles. The van der Waals surface area contributed by atoms with Crippen LogP contribution in [0.1, 0.15) is 11.1 Å². The number of rotatable bonds is 8. The van der Waals surface area contributed by atoms with E-state index in [2.05, 4.69) is 0 Å². The summed E-state index contributed by atoms with van der Waals surface area (Å²) in [6, 6.07) is 27.1. The van der Waals surface area contributed by atoms with Gasteiger partial charge in [0.15, 0.2) is 0 Å². The van der Waals surface area contributed by atoms with E-state index in [9.17, 15) is 19.8 Å². The molecule has 0 aliphatic carbocycles. The monoisotopic (exact) mass is 500 g/mol. The summed E-state index contributed by atoms with van der Waals surface area (Å²) < 4.78 is 6.23. The van der Waals surface area contributed by atoms with Crippen LogP contribution >= 0.6 is 22.7 Å². The minimum Gasteiger partial charge on any atom is -0.481 e. The first-order valence-electron chi connectivity index (χ1n) is 10.9. The molecule has 0 saturated carbocycles. The van der Waals surface area contributed by atoms with Crippen LogP contribution in [0.3, 0.4) is 0 Å². The van der Waals surface area contributed by atoms with Crippen LogP contribution in [-0.4, -0.2) is 22.2 Å². The zero-order valence-electron chi connectivity index (χ0n) is 18.4. The highest BCUT2D eigenvalue weighted by Gasteiger charge is 2.21. The number of carboxylic acids is 2. The van der Waals surface area contributed by atoms with Crippen LogP contribution < -0.4 is 0 Å². The SMILES string of the molecule is O=C(O)Cc1cc(-c2ccccc2)sc1-c1ccc(-c2sc(-c3ccccc3)cc2CC(=O)O)o1. The number of benzene rings is 2. The number of hydrogen-bond donors (Lipinski definition) is 2. The molecular formula is C28H20O5S2. The molecule has 0 amide bonds. The minimum atomic E-state index is -0.912. The van der Waals surface area contributed by atoms with Gasteiger partial charge in [0.05, 0.1) is 22.6 Å². The lowest BCUT2D eigenvalue weighted by molar-refractivity contribution is -0.137. The van der Waals surface area contributed by atoms with Gasteiger partial charge in [-0.2, -0.15) is 0 Å². The molecule has 5 nitrogen and oxygen atoms in total. The van der Waals surface area contributed by atoms with Crippen molar-refractivity contribution < 1.29 is 24.2 Å². The lowest BCUT2D eigenvalue weighted by Gasteiger charge is -2.00. The average molecular weight is 501 g/mol. The minimum absolute atomic E-state index is 0.115. The Labute approximate surface area is 209 Å². The van der Waals surface area contributed by atoms with Crippen molar-refractivity contribution in [3.63, 3.8) is 0 Å². The first kappa shape index (κ1) is 22.8. The molecule has 2 N–H and O–H groups in total. The van der Waals surface area contributed by atoms with Gasteiger partial charge >= 0.3 is 11.9 Å². The van der Waals surface area contributed by atoms with Crippen molar-refractivity contribution in [3.05, 3.63) is 96.1 Å². The second-order valence-corrected chi connectivity index (χ2v) is 10.1. The maximum Gasteiger partial charge on any atom is 0.307 e. The molecule has 0 bridgehead atoms. The number of hydrogen-bond acceptors (Lipinski definition) is 5. The van der Waals surface area contributed by atoms with Gasteiger partial charge in [-0.15, -0.1) is 22.7 Å². The van der Waals surface area contributed by atoms with E-state index in [4.69, 9.17) is 4.42 Å². The molecule has 0 aliphatic rings. The summed E-state index contributed by atoms with van der Waals surface area (Å²) in [6.07, 6.45) is -0.230. The Hall–Kier alpha value is -3.94. The average Bonchev–Trinajstić information content (AvgIpc) is 3.58. The predicted molar refractivity (Wildman–Crippen MR) is 139 cm³/mol. The highest BCUT2D eigenvalue weighted by molar-refractivity contribution is 7.19. The van der Waals surface area contributed by atoms with Gasteiger partial charge in [0.2, 0.25) is 0 Å². The summed E-state index contributed by atoms with van der Waals surface area (Å²) in [4.78, 5) is 26.5. The number of carbonyl (C=O) groups is 2. The van der Waals surface area contributed by atoms with E-state index in [0.717, 1.165) is 30.6 Å². The summed E-state index contributed by atoms with van der Waals surface area (Å²) in [5, 5.41) is 18.9. The second kappa shape index (κ2) is 9.74. The van der Waals surface area contributed by atoms with E-state index in [-0.39, 0.29) is 12.8 Å². The van der Waals surface area contributed by atoms with E-state index in [0.29, 0.717) is 22.6 Å². The highest BCUT2D eigenvalue weighted by atomic mass is 32.1. The van der Waals surface area contributed by atoms with Gasteiger partial charge in [-0.3, -0.25) is 9.59 Å². The normalized spacial score (nSPS) is 11.0. The Morgan fingerprint density at radius 3 is 1.40 bits per heavy atom. The zero-order chi connectivity index (χ0) is 24.4. The van der Waals surface area contributed by atoms with E-state index in [1.54, 1.807) is 0 Å². The third kappa shape index (κ3) is 4.96. The van der Waals surface area contributed by atoms with Crippen LogP contribution in [0.5, 0.6) is 0 Å². The quantitative estimate of drug-likeness (QED) is 0.233. The highest BCUT2D eigenvalue weighted by Crippen LogP contribution is 2.43. The van der Waals surface area contributed by atoms with E-state index in [1.165, 1.54) is 22.7 Å². The fourth-order valence-corrected chi connectivity index (χ4v) is 6.23. The number of aliphatic carboxylic acids is 2. The maximum atomic E-state index is 11.5. The lowest BCUT2D eigenvalue weighted by atomic mass is 10.1. The van der Waals surface area contributed by atoms with Crippen molar-refractivity contribution in [1.82, 2.24) is 0 Å².